The Morgan fingerprint density at radius 2 is 2.19 bits per heavy atom. The van der Waals surface area contributed by atoms with Crippen LogP contribution in [-0.4, -0.2) is 12.6 Å². The van der Waals surface area contributed by atoms with Crippen molar-refractivity contribution >= 4 is 0 Å². The highest BCUT2D eigenvalue weighted by atomic mass is 16.5. The summed E-state index contributed by atoms with van der Waals surface area (Å²) < 4.78 is 5.53. The fraction of sp³-hybridized carbons (Fsp3) is 0.571. The lowest BCUT2D eigenvalue weighted by atomic mass is 9.57. The summed E-state index contributed by atoms with van der Waals surface area (Å²) in [5, 5.41) is 0. The predicted molar refractivity (Wildman–Crippen MR) is 66.7 cm³/mol. The van der Waals surface area contributed by atoms with Gasteiger partial charge in [0.1, 0.15) is 5.75 Å². The van der Waals surface area contributed by atoms with Crippen molar-refractivity contribution in [3.05, 3.63) is 29.8 Å². The minimum atomic E-state index is 0.213. The molecule has 0 saturated heterocycles. The molecule has 0 heterocycles. The second kappa shape index (κ2) is 4.10. The van der Waals surface area contributed by atoms with E-state index in [1.807, 2.05) is 13.0 Å². The molecule has 2 unspecified atom stereocenters. The lowest BCUT2D eigenvalue weighted by Gasteiger charge is -2.50. The van der Waals surface area contributed by atoms with Crippen LogP contribution in [0.15, 0.2) is 24.3 Å². The number of nitrogens with two attached hydrogens (primary N) is 1. The Kier molecular flexibility index (Phi) is 2.94. The molecule has 2 nitrogen and oxygen atoms in total. The highest BCUT2D eigenvalue weighted by Gasteiger charge is 2.46. The first-order valence-electron chi connectivity index (χ1n) is 6.04. The van der Waals surface area contributed by atoms with Crippen LogP contribution in [0.4, 0.5) is 0 Å². The third-order valence-corrected chi connectivity index (χ3v) is 3.91. The molecule has 2 heteroatoms. The van der Waals surface area contributed by atoms with Crippen LogP contribution in [0.25, 0.3) is 0 Å². The van der Waals surface area contributed by atoms with Gasteiger partial charge in [0.05, 0.1) is 6.61 Å². The van der Waals surface area contributed by atoms with Crippen molar-refractivity contribution in [1.29, 1.82) is 0 Å². The van der Waals surface area contributed by atoms with Crippen molar-refractivity contribution in [2.24, 2.45) is 11.1 Å². The van der Waals surface area contributed by atoms with E-state index < -0.39 is 0 Å². The molecule has 2 N–H and O–H groups in total. The topological polar surface area (TPSA) is 35.2 Å². The van der Waals surface area contributed by atoms with Gasteiger partial charge in [0.2, 0.25) is 0 Å². The first-order chi connectivity index (χ1) is 7.55. The van der Waals surface area contributed by atoms with Crippen molar-refractivity contribution in [2.75, 3.05) is 6.61 Å². The molecular formula is C14H21NO. The maximum atomic E-state index is 6.05. The van der Waals surface area contributed by atoms with Crippen molar-refractivity contribution in [3.63, 3.8) is 0 Å². The summed E-state index contributed by atoms with van der Waals surface area (Å²) in [6, 6.07) is 8.75. The highest BCUT2D eigenvalue weighted by molar-refractivity contribution is 5.34. The summed E-state index contributed by atoms with van der Waals surface area (Å²) in [4.78, 5) is 0. The lowest BCUT2D eigenvalue weighted by Crippen LogP contribution is -2.52. The van der Waals surface area contributed by atoms with Crippen LogP contribution in [0.2, 0.25) is 0 Å². The molecule has 0 aliphatic heterocycles. The molecule has 1 aromatic rings. The first kappa shape index (κ1) is 11.5. The van der Waals surface area contributed by atoms with E-state index in [-0.39, 0.29) is 5.41 Å². The SMILES string of the molecule is CCOc1cccc(C2CC(N)C2(C)C)c1. The minimum absolute atomic E-state index is 0.213. The van der Waals surface area contributed by atoms with Crippen LogP contribution in [-0.2, 0) is 0 Å². The Morgan fingerprint density at radius 3 is 2.75 bits per heavy atom. The van der Waals surface area contributed by atoms with E-state index in [0.717, 1.165) is 18.8 Å². The second-order valence-electron chi connectivity index (χ2n) is 5.22. The van der Waals surface area contributed by atoms with Gasteiger partial charge in [-0.1, -0.05) is 26.0 Å². The van der Waals surface area contributed by atoms with Crippen LogP contribution in [0.3, 0.4) is 0 Å². The molecule has 1 saturated carbocycles. The van der Waals surface area contributed by atoms with Crippen molar-refractivity contribution in [1.82, 2.24) is 0 Å². The molecule has 0 amide bonds. The quantitative estimate of drug-likeness (QED) is 0.848. The van der Waals surface area contributed by atoms with Gasteiger partial charge in [-0.25, -0.2) is 0 Å². The molecule has 1 aliphatic rings. The monoisotopic (exact) mass is 219 g/mol. The van der Waals surface area contributed by atoms with E-state index in [0.29, 0.717) is 12.0 Å². The molecule has 0 aromatic heterocycles. The molecular weight excluding hydrogens is 198 g/mol. The van der Waals surface area contributed by atoms with Crippen LogP contribution < -0.4 is 10.5 Å². The summed E-state index contributed by atoms with van der Waals surface area (Å²) in [6.07, 6.45) is 1.09. The lowest BCUT2D eigenvalue weighted by molar-refractivity contribution is 0.0982. The van der Waals surface area contributed by atoms with E-state index in [9.17, 15) is 0 Å². The summed E-state index contributed by atoms with van der Waals surface area (Å²) in [7, 11) is 0. The van der Waals surface area contributed by atoms with Crippen LogP contribution in [0.5, 0.6) is 5.75 Å². The van der Waals surface area contributed by atoms with Crippen LogP contribution in [0, 0.1) is 5.41 Å². The van der Waals surface area contributed by atoms with Crippen molar-refractivity contribution in [2.45, 2.75) is 39.2 Å². The fourth-order valence-corrected chi connectivity index (χ4v) is 2.51. The van der Waals surface area contributed by atoms with Gasteiger partial charge in [-0.3, -0.25) is 0 Å². The molecule has 1 aromatic carbocycles. The molecule has 1 fully saturated rings. The maximum absolute atomic E-state index is 6.05. The first-order valence-corrected chi connectivity index (χ1v) is 6.04. The van der Waals surface area contributed by atoms with E-state index in [1.165, 1.54) is 5.56 Å². The second-order valence-corrected chi connectivity index (χ2v) is 5.22. The zero-order chi connectivity index (χ0) is 11.8. The number of rotatable bonds is 3. The smallest absolute Gasteiger partial charge is 0.119 e. The van der Waals surface area contributed by atoms with Gasteiger partial charge >= 0.3 is 0 Å². The Hall–Kier alpha value is -1.02. The normalized spacial score (nSPS) is 27.2. The van der Waals surface area contributed by atoms with Gasteiger partial charge in [-0.05, 0) is 42.4 Å². The summed E-state index contributed by atoms with van der Waals surface area (Å²) in [5.41, 5.74) is 7.62. The summed E-state index contributed by atoms with van der Waals surface area (Å²) in [6.45, 7) is 7.23. The van der Waals surface area contributed by atoms with E-state index in [2.05, 4.69) is 32.0 Å². The average Bonchev–Trinajstić information content (AvgIpc) is 2.26. The van der Waals surface area contributed by atoms with E-state index >= 15 is 0 Å². The largest absolute Gasteiger partial charge is 0.494 e. The van der Waals surface area contributed by atoms with Gasteiger partial charge in [0.25, 0.3) is 0 Å². The van der Waals surface area contributed by atoms with Gasteiger partial charge in [0.15, 0.2) is 0 Å². The minimum Gasteiger partial charge on any atom is -0.494 e. The van der Waals surface area contributed by atoms with E-state index in [4.69, 9.17) is 10.5 Å². The molecule has 2 atom stereocenters. The van der Waals surface area contributed by atoms with Gasteiger partial charge in [-0.15, -0.1) is 0 Å². The Morgan fingerprint density at radius 1 is 1.44 bits per heavy atom. The maximum Gasteiger partial charge on any atom is 0.119 e. The molecule has 88 valence electrons. The number of hydrogen-bond acceptors (Lipinski definition) is 2. The van der Waals surface area contributed by atoms with Gasteiger partial charge < -0.3 is 10.5 Å². The van der Waals surface area contributed by atoms with Gasteiger partial charge in [-0.2, -0.15) is 0 Å². The number of hydrogen-bond donors (Lipinski definition) is 1. The van der Waals surface area contributed by atoms with E-state index in [1.54, 1.807) is 0 Å². The molecule has 1 aliphatic carbocycles. The standard InChI is InChI=1S/C14H21NO/c1-4-16-11-7-5-6-10(8-11)12-9-13(15)14(12,2)3/h5-8,12-13H,4,9,15H2,1-3H3. The zero-order valence-electron chi connectivity index (χ0n) is 10.4. The van der Waals surface area contributed by atoms with Crippen molar-refractivity contribution < 1.29 is 4.74 Å². The summed E-state index contributed by atoms with van der Waals surface area (Å²) in [5.74, 6) is 1.54. The van der Waals surface area contributed by atoms with Crippen LogP contribution >= 0.6 is 0 Å². The Balaban J connectivity index is 2.19. The van der Waals surface area contributed by atoms with Crippen LogP contribution in [0.1, 0.15) is 38.7 Å². The predicted octanol–water partition coefficient (Wildman–Crippen LogP) is 2.93. The highest BCUT2D eigenvalue weighted by Crippen LogP contribution is 2.51. The molecule has 0 bridgehead atoms. The van der Waals surface area contributed by atoms with Gasteiger partial charge in [0, 0.05) is 6.04 Å². The average molecular weight is 219 g/mol. The Bertz CT molecular complexity index is 373. The molecule has 0 spiro atoms. The molecule has 2 rings (SSSR count). The Labute approximate surface area is 97.8 Å². The number of benzene rings is 1. The third kappa shape index (κ3) is 1.82. The fourth-order valence-electron chi connectivity index (χ4n) is 2.51. The molecule has 16 heavy (non-hydrogen) atoms. The third-order valence-electron chi connectivity index (χ3n) is 3.91. The number of ether oxygens (including phenoxy) is 1. The summed E-state index contributed by atoms with van der Waals surface area (Å²) >= 11 is 0. The van der Waals surface area contributed by atoms with Crippen molar-refractivity contribution in [3.8, 4) is 5.75 Å². The molecule has 0 radical (unpaired) electrons. The zero-order valence-corrected chi connectivity index (χ0v) is 10.4.